The van der Waals surface area contributed by atoms with Gasteiger partial charge in [0.15, 0.2) is 0 Å². The highest BCUT2D eigenvalue weighted by atomic mass is 127. The van der Waals surface area contributed by atoms with Crippen molar-refractivity contribution in [2.45, 2.75) is 13.0 Å². The molecular formula is C14H15IN2O. The van der Waals surface area contributed by atoms with E-state index in [-0.39, 0.29) is 6.10 Å². The number of ether oxygens (including phenoxy) is 1. The summed E-state index contributed by atoms with van der Waals surface area (Å²) in [5, 5.41) is 1.23. The average Bonchev–Trinajstić information content (AvgIpc) is 2.39. The summed E-state index contributed by atoms with van der Waals surface area (Å²) in [6.45, 7) is 4.73. The van der Waals surface area contributed by atoms with Crippen molar-refractivity contribution in [3.8, 4) is 0 Å². The van der Waals surface area contributed by atoms with Crippen molar-refractivity contribution in [1.82, 2.24) is 4.98 Å². The molecule has 2 heterocycles. The monoisotopic (exact) mass is 354 g/mol. The number of morpholine rings is 1. The minimum absolute atomic E-state index is 0.284. The summed E-state index contributed by atoms with van der Waals surface area (Å²) < 4.78 is 6.82. The van der Waals surface area contributed by atoms with Crippen molar-refractivity contribution in [3.63, 3.8) is 0 Å². The molecule has 0 radical (unpaired) electrons. The maximum Gasteiger partial charge on any atom is 0.129 e. The topological polar surface area (TPSA) is 25.4 Å². The van der Waals surface area contributed by atoms with Crippen LogP contribution in [-0.2, 0) is 4.74 Å². The van der Waals surface area contributed by atoms with E-state index in [9.17, 15) is 0 Å². The average molecular weight is 354 g/mol. The first-order valence-corrected chi connectivity index (χ1v) is 7.24. The Bertz CT molecular complexity index is 573. The Kier molecular flexibility index (Phi) is 3.39. The van der Waals surface area contributed by atoms with Crippen molar-refractivity contribution in [2.24, 2.45) is 0 Å². The van der Waals surface area contributed by atoms with Gasteiger partial charge in [0, 0.05) is 22.0 Å². The van der Waals surface area contributed by atoms with Gasteiger partial charge in [0.05, 0.1) is 18.2 Å². The van der Waals surface area contributed by atoms with E-state index in [1.165, 1.54) is 8.96 Å². The molecule has 18 heavy (non-hydrogen) atoms. The summed E-state index contributed by atoms with van der Waals surface area (Å²) in [4.78, 5) is 7.06. The van der Waals surface area contributed by atoms with Crippen LogP contribution in [0.3, 0.4) is 0 Å². The Morgan fingerprint density at radius 1 is 1.33 bits per heavy atom. The van der Waals surface area contributed by atoms with E-state index in [0.717, 1.165) is 31.0 Å². The Morgan fingerprint density at radius 3 is 3.06 bits per heavy atom. The summed E-state index contributed by atoms with van der Waals surface area (Å²) in [6.07, 6.45) is 0.284. The Hall–Kier alpha value is -0.880. The predicted octanol–water partition coefficient (Wildman–Crippen LogP) is 3.06. The minimum Gasteiger partial charge on any atom is -0.375 e. The molecule has 0 amide bonds. The third-order valence-electron chi connectivity index (χ3n) is 3.23. The van der Waals surface area contributed by atoms with Gasteiger partial charge in [0.1, 0.15) is 5.82 Å². The van der Waals surface area contributed by atoms with Crippen LogP contribution in [0.25, 0.3) is 10.9 Å². The first-order chi connectivity index (χ1) is 8.74. The summed E-state index contributed by atoms with van der Waals surface area (Å²) in [6, 6.07) is 10.5. The summed E-state index contributed by atoms with van der Waals surface area (Å²) in [7, 11) is 0. The van der Waals surface area contributed by atoms with Crippen LogP contribution in [0.1, 0.15) is 6.92 Å². The van der Waals surface area contributed by atoms with Crippen LogP contribution in [-0.4, -0.2) is 30.8 Å². The molecule has 1 aromatic carbocycles. The van der Waals surface area contributed by atoms with Crippen LogP contribution in [0, 0.1) is 3.57 Å². The largest absolute Gasteiger partial charge is 0.375 e. The van der Waals surface area contributed by atoms with Gasteiger partial charge >= 0.3 is 0 Å². The van der Waals surface area contributed by atoms with E-state index in [1.807, 2.05) is 0 Å². The fourth-order valence-corrected chi connectivity index (χ4v) is 2.97. The number of nitrogens with zero attached hydrogens (tertiary/aromatic N) is 2. The molecule has 3 nitrogen and oxygen atoms in total. The number of rotatable bonds is 1. The van der Waals surface area contributed by atoms with Gasteiger partial charge in [0.25, 0.3) is 0 Å². The number of hydrogen-bond donors (Lipinski definition) is 0. The second kappa shape index (κ2) is 5.01. The van der Waals surface area contributed by atoms with E-state index in [4.69, 9.17) is 9.72 Å². The highest BCUT2D eigenvalue weighted by Crippen LogP contribution is 2.23. The van der Waals surface area contributed by atoms with Gasteiger partial charge < -0.3 is 9.64 Å². The molecule has 3 rings (SSSR count). The SMILES string of the molecule is C[C@@H]1CN(c2ccc3c(I)cccc3n2)CCO1. The number of anilines is 1. The zero-order chi connectivity index (χ0) is 12.5. The van der Waals surface area contributed by atoms with Crippen molar-refractivity contribution >= 4 is 39.3 Å². The van der Waals surface area contributed by atoms with Gasteiger partial charge in [0.2, 0.25) is 0 Å². The van der Waals surface area contributed by atoms with Crippen molar-refractivity contribution in [2.75, 3.05) is 24.6 Å². The van der Waals surface area contributed by atoms with Gasteiger partial charge in [-0.05, 0) is 53.8 Å². The molecule has 2 aromatic rings. The van der Waals surface area contributed by atoms with E-state index >= 15 is 0 Å². The normalized spacial score (nSPS) is 20.3. The minimum atomic E-state index is 0.284. The number of hydrogen-bond acceptors (Lipinski definition) is 3. The van der Waals surface area contributed by atoms with Crippen LogP contribution in [0.5, 0.6) is 0 Å². The quantitative estimate of drug-likeness (QED) is 0.736. The maximum atomic E-state index is 5.57. The van der Waals surface area contributed by atoms with E-state index in [2.05, 4.69) is 64.7 Å². The smallest absolute Gasteiger partial charge is 0.129 e. The highest BCUT2D eigenvalue weighted by molar-refractivity contribution is 14.1. The zero-order valence-electron chi connectivity index (χ0n) is 10.3. The number of halogens is 1. The Labute approximate surface area is 120 Å². The summed E-state index contributed by atoms with van der Waals surface area (Å²) >= 11 is 2.35. The number of pyridine rings is 1. The van der Waals surface area contributed by atoms with Crippen LogP contribution >= 0.6 is 22.6 Å². The second-order valence-electron chi connectivity index (χ2n) is 4.60. The summed E-state index contributed by atoms with van der Waals surface area (Å²) in [5.41, 5.74) is 1.07. The zero-order valence-corrected chi connectivity index (χ0v) is 12.4. The fraction of sp³-hybridized carbons (Fsp3) is 0.357. The van der Waals surface area contributed by atoms with Crippen molar-refractivity contribution < 1.29 is 4.74 Å². The van der Waals surface area contributed by atoms with Crippen LogP contribution in [0.15, 0.2) is 30.3 Å². The molecule has 94 valence electrons. The maximum absolute atomic E-state index is 5.57. The lowest BCUT2D eigenvalue weighted by molar-refractivity contribution is 0.0529. The van der Waals surface area contributed by atoms with E-state index in [0.29, 0.717) is 0 Å². The molecule has 0 unspecified atom stereocenters. The molecule has 0 saturated carbocycles. The molecule has 0 N–H and O–H groups in total. The molecule has 0 aliphatic carbocycles. The lowest BCUT2D eigenvalue weighted by atomic mass is 10.2. The molecule has 1 aliphatic rings. The molecule has 1 atom stereocenters. The molecule has 1 saturated heterocycles. The first kappa shape index (κ1) is 12.2. The van der Waals surface area contributed by atoms with Gasteiger partial charge in [-0.3, -0.25) is 0 Å². The van der Waals surface area contributed by atoms with E-state index < -0.39 is 0 Å². The van der Waals surface area contributed by atoms with Crippen molar-refractivity contribution in [1.29, 1.82) is 0 Å². The van der Waals surface area contributed by atoms with Crippen molar-refractivity contribution in [3.05, 3.63) is 33.9 Å². The molecule has 0 bridgehead atoms. The van der Waals surface area contributed by atoms with Gasteiger partial charge in [-0.15, -0.1) is 0 Å². The van der Waals surface area contributed by atoms with E-state index in [1.54, 1.807) is 0 Å². The second-order valence-corrected chi connectivity index (χ2v) is 5.77. The standard InChI is InChI=1S/C14H15IN2O/c1-10-9-17(7-8-18-10)14-6-5-11-12(15)3-2-4-13(11)16-14/h2-6,10H,7-9H2,1H3/t10-/m1/s1. The lowest BCUT2D eigenvalue weighted by Gasteiger charge is -2.32. The molecule has 1 aliphatic heterocycles. The Morgan fingerprint density at radius 2 is 2.22 bits per heavy atom. The van der Waals surface area contributed by atoms with Gasteiger partial charge in [-0.2, -0.15) is 0 Å². The molecule has 1 aromatic heterocycles. The van der Waals surface area contributed by atoms with Crippen LogP contribution < -0.4 is 4.90 Å². The first-order valence-electron chi connectivity index (χ1n) is 6.16. The third-order valence-corrected chi connectivity index (χ3v) is 4.17. The van der Waals surface area contributed by atoms with Crippen LogP contribution in [0.4, 0.5) is 5.82 Å². The number of aromatic nitrogens is 1. The number of fused-ring (bicyclic) bond motifs is 1. The van der Waals surface area contributed by atoms with Gasteiger partial charge in [-0.1, -0.05) is 6.07 Å². The Balaban J connectivity index is 1.98. The molecule has 0 spiro atoms. The van der Waals surface area contributed by atoms with Crippen LogP contribution in [0.2, 0.25) is 0 Å². The highest BCUT2D eigenvalue weighted by Gasteiger charge is 2.18. The fourth-order valence-electron chi connectivity index (χ4n) is 2.31. The van der Waals surface area contributed by atoms with Gasteiger partial charge in [-0.25, -0.2) is 4.98 Å². The third kappa shape index (κ3) is 2.31. The summed E-state index contributed by atoms with van der Waals surface area (Å²) in [5.74, 6) is 1.06. The molecule has 1 fully saturated rings. The number of benzene rings is 1. The molecular weight excluding hydrogens is 339 g/mol. The lowest BCUT2D eigenvalue weighted by Crippen LogP contribution is -2.41. The predicted molar refractivity (Wildman–Crippen MR) is 82.1 cm³/mol. The molecule has 4 heteroatoms.